The van der Waals surface area contributed by atoms with Gasteiger partial charge in [0.1, 0.15) is 0 Å². The summed E-state index contributed by atoms with van der Waals surface area (Å²) in [6, 6.07) is 25.6. The molecule has 156 valence electrons. The third-order valence-corrected chi connectivity index (χ3v) is 5.97. The maximum absolute atomic E-state index is 12.4. The van der Waals surface area contributed by atoms with Gasteiger partial charge in [-0.15, -0.1) is 0 Å². The summed E-state index contributed by atoms with van der Waals surface area (Å²) in [4.78, 5) is 17.1. The van der Waals surface area contributed by atoms with Gasteiger partial charge in [0.05, 0.1) is 29.0 Å². The van der Waals surface area contributed by atoms with Crippen molar-refractivity contribution in [1.29, 1.82) is 0 Å². The van der Waals surface area contributed by atoms with Crippen LogP contribution in [0.3, 0.4) is 0 Å². The van der Waals surface area contributed by atoms with Crippen LogP contribution in [0.15, 0.2) is 89.1 Å². The molecular weight excluding hydrogens is 428 g/mol. The van der Waals surface area contributed by atoms with Crippen LogP contribution in [0.25, 0.3) is 11.0 Å². The molecule has 0 aliphatic rings. The summed E-state index contributed by atoms with van der Waals surface area (Å²) in [5, 5.41) is 5.67. The van der Waals surface area contributed by atoms with E-state index in [0.29, 0.717) is 17.3 Å². The van der Waals surface area contributed by atoms with Gasteiger partial charge < -0.3 is 4.57 Å². The van der Waals surface area contributed by atoms with Crippen molar-refractivity contribution in [1.82, 2.24) is 15.0 Å². The maximum Gasteiger partial charge on any atom is 0.250 e. The second-order valence-corrected chi connectivity index (χ2v) is 8.36. The fraction of sp³-hybridized carbons (Fsp3) is 0.125. The Hall–Kier alpha value is -3.09. The molecule has 0 aliphatic heterocycles. The summed E-state index contributed by atoms with van der Waals surface area (Å²) in [6.07, 6.45) is 0. The highest BCUT2D eigenvalue weighted by molar-refractivity contribution is 7.99. The molecule has 1 aromatic heterocycles. The first-order valence-electron chi connectivity index (χ1n) is 9.81. The number of halogens is 1. The van der Waals surface area contributed by atoms with Gasteiger partial charge in [-0.3, -0.25) is 4.79 Å². The van der Waals surface area contributed by atoms with Crippen LogP contribution in [0.5, 0.6) is 0 Å². The topological polar surface area (TPSA) is 59.3 Å². The number of fused-ring (bicyclic) bond motifs is 1. The monoisotopic (exact) mass is 448 g/mol. The first-order chi connectivity index (χ1) is 15.1. The minimum absolute atomic E-state index is 0.184. The first-order valence-corrected chi connectivity index (χ1v) is 11.2. The van der Waals surface area contributed by atoms with Crippen LogP contribution in [-0.4, -0.2) is 26.9 Å². The van der Waals surface area contributed by atoms with Crippen molar-refractivity contribution in [2.45, 2.75) is 18.6 Å². The second-order valence-electron chi connectivity index (χ2n) is 6.98. The molecule has 0 aliphatic carbocycles. The zero-order valence-electron chi connectivity index (χ0n) is 17.0. The summed E-state index contributed by atoms with van der Waals surface area (Å²) in [7, 11) is 0. The van der Waals surface area contributed by atoms with Crippen molar-refractivity contribution in [3.63, 3.8) is 0 Å². The molecule has 4 rings (SSSR count). The average molecular weight is 449 g/mol. The molecule has 1 heterocycles. The Morgan fingerprint density at radius 2 is 1.74 bits per heavy atom. The molecule has 5 nitrogen and oxygen atoms in total. The van der Waals surface area contributed by atoms with Crippen LogP contribution >= 0.6 is 23.4 Å². The average Bonchev–Trinajstić information content (AvgIpc) is 3.14. The molecule has 0 bridgehead atoms. The fourth-order valence-electron chi connectivity index (χ4n) is 3.15. The van der Waals surface area contributed by atoms with Gasteiger partial charge in [0, 0.05) is 5.02 Å². The van der Waals surface area contributed by atoms with Crippen molar-refractivity contribution in [2.75, 3.05) is 5.75 Å². The molecule has 0 spiro atoms. The zero-order chi connectivity index (χ0) is 21.6. The smallest absolute Gasteiger partial charge is 0.250 e. The number of hydrogen-bond donors (Lipinski definition) is 1. The molecule has 1 N–H and O–H groups in total. The number of para-hydroxylation sites is 2. The van der Waals surface area contributed by atoms with Gasteiger partial charge in [-0.1, -0.05) is 78.0 Å². The van der Waals surface area contributed by atoms with Crippen molar-refractivity contribution in [3.8, 4) is 0 Å². The molecule has 7 heteroatoms. The number of imidazole rings is 1. The van der Waals surface area contributed by atoms with Crippen LogP contribution in [0.1, 0.15) is 18.1 Å². The van der Waals surface area contributed by atoms with E-state index in [2.05, 4.69) is 33.3 Å². The largest absolute Gasteiger partial charge is 0.314 e. The highest BCUT2D eigenvalue weighted by Crippen LogP contribution is 2.25. The lowest BCUT2D eigenvalue weighted by Gasteiger charge is -2.09. The normalized spacial score (nSPS) is 11.6. The molecule has 0 radical (unpaired) electrons. The van der Waals surface area contributed by atoms with Gasteiger partial charge in [0.2, 0.25) is 0 Å². The Labute approximate surface area is 190 Å². The van der Waals surface area contributed by atoms with E-state index in [1.807, 2.05) is 55.5 Å². The van der Waals surface area contributed by atoms with E-state index in [4.69, 9.17) is 16.6 Å². The van der Waals surface area contributed by atoms with E-state index in [1.165, 1.54) is 17.3 Å². The van der Waals surface area contributed by atoms with Crippen molar-refractivity contribution in [3.05, 3.63) is 95.0 Å². The summed E-state index contributed by atoms with van der Waals surface area (Å²) in [6.45, 7) is 2.54. The molecule has 0 saturated carbocycles. The molecule has 4 aromatic rings. The predicted octanol–water partition coefficient (Wildman–Crippen LogP) is 5.37. The quantitative estimate of drug-likeness (QED) is 0.235. The van der Waals surface area contributed by atoms with Crippen molar-refractivity contribution < 1.29 is 4.79 Å². The van der Waals surface area contributed by atoms with Crippen LogP contribution in [0, 0.1) is 0 Å². The molecular formula is C24H21ClN4OS. The second kappa shape index (κ2) is 9.81. The number of benzene rings is 3. The summed E-state index contributed by atoms with van der Waals surface area (Å²) < 4.78 is 2.14. The van der Waals surface area contributed by atoms with E-state index in [9.17, 15) is 4.79 Å². The Morgan fingerprint density at radius 3 is 2.52 bits per heavy atom. The van der Waals surface area contributed by atoms with E-state index in [-0.39, 0.29) is 11.7 Å². The number of carbonyl (C=O) groups is 1. The number of hydrogen-bond acceptors (Lipinski definition) is 4. The van der Waals surface area contributed by atoms with E-state index in [1.54, 1.807) is 12.1 Å². The third-order valence-electron chi connectivity index (χ3n) is 4.75. The number of aromatic nitrogens is 2. The number of nitrogens with one attached hydrogen (secondary N) is 1. The standard InChI is InChI=1S/C24H21ClN4OS/c1-17(19-11-13-20(25)14-12-19)27-28-23(30)16-31-24-26-21-9-5-6-10-22(21)29(24)15-18-7-3-2-4-8-18/h2-14H,15-16H2,1H3,(H,28,30)/b27-17+. The number of hydrazone groups is 1. The molecule has 0 saturated heterocycles. The third kappa shape index (κ3) is 5.34. The molecule has 1 amide bonds. The van der Waals surface area contributed by atoms with Crippen LogP contribution in [0.4, 0.5) is 0 Å². The van der Waals surface area contributed by atoms with E-state index < -0.39 is 0 Å². The lowest BCUT2D eigenvalue weighted by atomic mass is 10.1. The molecule has 0 unspecified atom stereocenters. The Balaban J connectivity index is 1.46. The SMILES string of the molecule is C/C(=N\NC(=O)CSc1nc2ccccc2n1Cc1ccccc1)c1ccc(Cl)cc1. The van der Waals surface area contributed by atoms with Gasteiger partial charge >= 0.3 is 0 Å². The van der Waals surface area contributed by atoms with Crippen molar-refractivity contribution >= 4 is 46.0 Å². The highest BCUT2D eigenvalue weighted by atomic mass is 35.5. The van der Waals surface area contributed by atoms with Gasteiger partial charge in [-0.2, -0.15) is 5.10 Å². The van der Waals surface area contributed by atoms with E-state index in [0.717, 1.165) is 21.8 Å². The van der Waals surface area contributed by atoms with E-state index >= 15 is 0 Å². The Kier molecular flexibility index (Phi) is 6.70. The number of thioether (sulfide) groups is 1. The molecule has 0 atom stereocenters. The predicted molar refractivity (Wildman–Crippen MR) is 128 cm³/mol. The molecule has 31 heavy (non-hydrogen) atoms. The van der Waals surface area contributed by atoms with Gasteiger partial charge in [-0.05, 0) is 42.3 Å². The highest BCUT2D eigenvalue weighted by Gasteiger charge is 2.13. The Morgan fingerprint density at radius 1 is 1.03 bits per heavy atom. The van der Waals surface area contributed by atoms with Crippen LogP contribution in [-0.2, 0) is 11.3 Å². The van der Waals surface area contributed by atoms with Gasteiger partial charge in [0.15, 0.2) is 5.16 Å². The van der Waals surface area contributed by atoms with Crippen LogP contribution in [0.2, 0.25) is 5.02 Å². The lowest BCUT2D eigenvalue weighted by Crippen LogP contribution is -2.21. The molecule has 0 fully saturated rings. The fourth-order valence-corrected chi connectivity index (χ4v) is 4.08. The van der Waals surface area contributed by atoms with Crippen molar-refractivity contribution in [2.24, 2.45) is 5.10 Å². The molecule has 3 aromatic carbocycles. The van der Waals surface area contributed by atoms with Crippen LogP contribution < -0.4 is 5.43 Å². The number of amides is 1. The number of carbonyl (C=O) groups excluding carboxylic acids is 1. The summed E-state index contributed by atoms with van der Waals surface area (Å²) in [5.41, 5.74) is 7.39. The van der Waals surface area contributed by atoms with Gasteiger partial charge in [0.25, 0.3) is 5.91 Å². The summed E-state index contributed by atoms with van der Waals surface area (Å²) in [5.74, 6) is 0.0341. The Bertz CT molecular complexity index is 1220. The minimum atomic E-state index is -0.184. The summed E-state index contributed by atoms with van der Waals surface area (Å²) >= 11 is 7.32. The number of rotatable bonds is 7. The first kappa shape index (κ1) is 21.2. The zero-order valence-corrected chi connectivity index (χ0v) is 18.5. The minimum Gasteiger partial charge on any atom is -0.314 e. The maximum atomic E-state index is 12.4. The van der Waals surface area contributed by atoms with Gasteiger partial charge in [-0.25, -0.2) is 10.4 Å². The number of nitrogens with zero attached hydrogens (tertiary/aromatic N) is 3. The lowest BCUT2D eigenvalue weighted by molar-refractivity contribution is -0.118.